The average molecular weight is 292 g/mol. The summed E-state index contributed by atoms with van der Waals surface area (Å²) in [6.45, 7) is 1.74. The number of hydrogen-bond donors (Lipinski definition) is 2. The van der Waals surface area contributed by atoms with E-state index >= 15 is 0 Å². The molecule has 0 bridgehead atoms. The molecule has 0 saturated heterocycles. The van der Waals surface area contributed by atoms with Crippen LogP contribution in [0.1, 0.15) is 11.1 Å². The molecule has 1 heterocycles. The van der Waals surface area contributed by atoms with Crippen LogP contribution in [0.15, 0.2) is 36.4 Å². The van der Waals surface area contributed by atoms with Crippen LogP contribution in [0.5, 0.6) is 5.75 Å². The molecule has 0 aliphatic carbocycles. The summed E-state index contributed by atoms with van der Waals surface area (Å²) in [5.74, 6) is 0.401. The number of aryl methyl sites for hydroxylation is 1. The van der Waals surface area contributed by atoms with Crippen LogP contribution in [0.2, 0.25) is 0 Å². The topological polar surface area (TPSA) is 48.9 Å². The molecule has 0 aliphatic heterocycles. The predicted octanol–water partition coefficient (Wildman–Crippen LogP) is 4.26. The summed E-state index contributed by atoms with van der Waals surface area (Å²) >= 11 is 0. The number of alkyl halides is 3. The van der Waals surface area contributed by atoms with Crippen molar-refractivity contribution in [3.05, 3.63) is 47.5 Å². The normalized spacial score (nSPS) is 12.0. The van der Waals surface area contributed by atoms with Crippen molar-refractivity contribution in [1.82, 2.24) is 9.97 Å². The molecule has 0 aliphatic rings. The Morgan fingerprint density at radius 1 is 1.14 bits per heavy atom. The summed E-state index contributed by atoms with van der Waals surface area (Å²) in [7, 11) is 0. The van der Waals surface area contributed by atoms with Gasteiger partial charge in [-0.25, -0.2) is 4.98 Å². The van der Waals surface area contributed by atoms with E-state index in [0.29, 0.717) is 22.5 Å². The average Bonchev–Trinajstić information content (AvgIpc) is 2.83. The van der Waals surface area contributed by atoms with Gasteiger partial charge in [0.05, 0.1) is 22.2 Å². The van der Waals surface area contributed by atoms with Gasteiger partial charge in [0.2, 0.25) is 0 Å². The van der Waals surface area contributed by atoms with Gasteiger partial charge in [0, 0.05) is 0 Å². The number of phenols is 1. The number of halogens is 3. The van der Waals surface area contributed by atoms with E-state index in [2.05, 4.69) is 9.97 Å². The molecule has 6 heteroatoms. The number of aromatic hydroxyl groups is 1. The number of fused-ring (bicyclic) bond motifs is 1. The Kier molecular flexibility index (Phi) is 2.90. The van der Waals surface area contributed by atoms with Crippen LogP contribution in [0.3, 0.4) is 0 Å². The third-order valence-electron chi connectivity index (χ3n) is 3.30. The van der Waals surface area contributed by atoms with Crippen molar-refractivity contribution in [1.29, 1.82) is 0 Å². The van der Waals surface area contributed by atoms with Gasteiger partial charge >= 0.3 is 6.18 Å². The molecule has 0 spiro atoms. The van der Waals surface area contributed by atoms with Gasteiger partial charge in [-0.3, -0.25) is 0 Å². The molecule has 3 nitrogen and oxygen atoms in total. The van der Waals surface area contributed by atoms with E-state index in [1.165, 1.54) is 6.07 Å². The minimum atomic E-state index is -4.40. The van der Waals surface area contributed by atoms with E-state index in [-0.39, 0.29) is 11.3 Å². The van der Waals surface area contributed by atoms with Gasteiger partial charge in [0.15, 0.2) is 0 Å². The summed E-state index contributed by atoms with van der Waals surface area (Å²) in [4.78, 5) is 7.05. The van der Waals surface area contributed by atoms with Gasteiger partial charge in [-0.15, -0.1) is 0 Å². The second-order valence-corrected chi connectivity index (χ2v) is 4.79. The number of nitrogens with zero attached hydrogens (tertiary/aromatic N) is 1. The fourth-order valence-corrected chi connectivity index (χ4v) is 2.16. The van der Waals surface area contributed by atoms with Gasteiger partial charge < -0.3 is 10.1 Å². The lowest BCUT2D eigenvalue weighted by Crippen LogP contribution is -2.04. The van der Waals surface area contributed by atoms with Gasteiger partial charge in [-0.1, -0.05) is 12.1 Å². The van der Waals surface area contributed by atoms with Crippen molar-refractivity contribution < 1.29 is 18.3 Å². The highest BCUT2D eigenvalue weighted by molar-refractivity contribution is 5.81. The highest BCUT2D eigenvalue weighted by atomic mass is 19.4. The predicted molar refractivity (Wildman–Crippen MR) is 72.9 cm³/mol. The molecule has 0 radical (unpaired) electrons. The lowest BCUT2D eigenvalue weighted by molar-refractivity contribution is -0.137. The van der Waals surface area contributed by atoms with E-state index in [0.717, 1.165) is 12.1 Å². The molecule has 0 fully saturated rings. The molecule has 1 aromatic heterocycles. The smallest absolute Gasteiger partial charge is 0.416 e. The number of hydrogen-bond acceptors (Lipinski definition) is 2. The first-order chi connectivity index (χ1) is 9.86. The molecule has 108 valence electrons. The van der Waals surface area contributed by atoms with Crippen molar-refractivity contribution >= 4 is 11.0 Å². The van der Waals surface area contributed by atoms with E-state index in [1.807, 2.05) is 0 Å². The SMILES string of the molecule is Cc1cccc(-c2nc3ccc(C(F)(F)F)cc3[nH]2)c1O. The number of nitrogens with one attached hydrogen (secondary N) is 1. The molecule has 2 N–H and O–H groups in total. The maximum absolute atomic E-state index is 12.7. The van der Waals surface area contributed by atoms with Crippen LogP contribution in [-0.4, -0.2) is 15.1 Å². The van der Waals surface area contributed by atoms with Crippen molar-refractivity contribution in [2.75, 3.05) is 0 Å². The number of benzene rings is 2. The molecule has 21 heavy (non-hydrogen) atoms. The Morgan fingerprint density at radius 2 is 1.90 bits per heavy atom. The molecular weight excluding hydrogens is 281 g/mol. The first-order valence-electron chi connectivity index (χ1n) is 6.22. The summed E-state index contributed by atoms with van der Waals surface area (Å²) in [5.41, 5.74) is 1.09. The van der Waals surface area contributed by atoms with Crippen LogP contribution in [-0.2, 0) is 6.18 Å². The molecular formula is C15H11F3N2O. The quantitative estimate of drug-likeness (QED) is 0.704. The first-order valence-corrected chi connectivity index (χ1v) is 6.22. The summed E-state index contributed by atoms with van der Waals surface area (Å²) in [5, 5.41) is 10.0. The fraction of sp³-hybridized carbons (Fsp3) is 0.133. The number of aromatic amines is 1. The lowest BCUT2D eigenvalue weighted by atomic mass is 10.1. The van der Waals surface area contributed by atoms with E-state index in [9.17, 15) is 18.3 Å². The summed E-state index contributed by atoms with van der Waals surface area (Å²) in [6.07, 6.45) is -4.40. The maximum atomic E-state index is 12.7. The number of para-hydroxylation sites is 1. The number of H-pyrrole nitrogens is 1. The molecule has 0 saturated carbocycles. The zero-order valence-corrected chi connectivity index (χ0v) is 11.0. The molecule has 3 rings (SSSR count). The molecule has 0 atom stereocenters. The van der Waals surface area contributed by atoms with E-state index < -0.39 is 11.7 Å². The Bertz CT molecular complexity index is 821. The van der Waals surface area contributed by atoms with Crippen molar-refractivity contribution in [3.8, 4) is 17.1 Å². The second-order valence-electron chi connectivity index (χ2n) is 4.79. The van der Waals surface area contributed by atoms with Crippen molar-refractivity contribution in [2.45, 2.75) is 13.1 Å². The van der Waals surface area contributed by atoms with Crippen LogP contribution >= 0.6 is 0 Å². The zero-order valence-electron chi connectivity index (χ0n) is 11.0. The third-order valence-corrected chi connectivity index (χ3v) is 3.30. The highest BCUT2D eigenvalue weighted by Gasteiger charge is 2.30. The number of rotatable bonds is 1. The monoisotopic (exact) mass is 292 g/mol. The van der Waals surface area contributed by atoms with Gasteiger partial charge in [0.1, 0.15) is 11.6 Å². The Morgan fingerprint density at radius 3 is 2.62 bits per heavy atom. The Balaban J connectivity index is 2.15. The minimum Gasteiger partial charge on any atom is -0.507 e. The lowest BCUT2D eigenvalue weighted by Gasteiger charge is -2.05. The van der Waals surface area contributed by atoms with E-state index in [4.69, 9.17) is 0 Å². The summed E-state index contributed by atoms with van der Waals surface area (Å²) in [6, 6.07) is 8.46. The Hall–Kier alpha value is -2.50. The fourth-order valence-electron chi connectivity index (χ4n) is 2.16. The number of aromatic nitrogens is 2. The molecule has 3 aromatic rings. The molecule has 2 aromatic carbocycles. The minimum absolute atomic E-state index is 0.0626. The van der Waals surface area contributed by atoms with Crippen molar-refractivity contribution in [2.24, 2.45) is 0 Å². The zero-order chi connectivity index (χ0) is 15.2. The standard InChI is InChI=1S/C15H11F3N2O/c1-8-3-2-4-10(13(8)21)14-19-11-6-5-9(15(16,17)18)7-12(11)20-14/h2-7,21H,1H3,(H,19,20). The van der Waals surface area contributed by atoms with Crippen LogP contribution in [0.25, 0.3) is 22.4 Å². The molecule has 0 unspecified atom stereocenters. The summed E-state index contributed by atoms with van der Waals surface area (Å²) < 4.78 is 38.1. The van der Waals surface area contributed by atoms with E-state index in [1.54, 1.807) is 25.1 Å². The molecule has 0 amide bonds. The largest absolute Gasteiger partial charge is 0.507 e. The maximum Gasteiger partial charge on any atom is 0.416 e. The van der Waals surface area contributed by atoms with Gasteiger partial charge in [0.25, 0.3) is 0 Å². The van der Waals surface area contributed by atoms with Gasteiger partial charge in [-0.2, -0.15) is 13.2 Å². The highest BCUT2D eigenvalue weighted by Crippen LogP contribution is 2.34. The number of imidazole rings is 1. The number of phenolic OH excluding ortho intramolecular Hbond substituents is 1. The second kappa shape index (κ2) is 4.51. The van der Waals surface area contributed by atoms with Crippen LogP contribution < -0.4 is 0 Å². The van der Waals surface area contributed by atoms with Crippen molar-refractivity contribution in [3.63, 3.8) is 0 Å². The van der Waals surface area contributed by atoms with Crippen LogP contribution in [0.4, 0.5) is 13.2 Å². The van der Waals surface area contributed by atoms with Crippen LogP contribution in [0, 0.1) is 6.92 Å². The van der Waals surface area contributed by atoms with Gasteiger partial charge in [-0.05, 0) is 36.8 Å². The third kappa shape index (κ3) is 2.33. The first kappa shape index (κ1) is 13.5. The Labute approximate surface area is 118 Å².